The number of phenolic OH excluding ortho intramolecular Hbond substituents is 1. The number of esters is 1. The van der Waals surface area contributed by atoms with Gasteiger partial charge in [0.25, 0.3) is 5.91 Å². The van der Waals surface area contributed by atoms with Gasteiger partial charge in [-0.3, -0.25) is 10.1 Å². The molecule has 0 radical (unpaired) electrons. The SMILES string of the molecule is CCOc1cc(/C=C(/C(=O)O[C@H](C)C(=O)NC(=O)NC)c2ccccc2)ccc1O. The molecule has 0 aromatic heterocycles. The molecule has 3 amide bonds. The van der Waals surface area contributed by atoms with Crippen molar-refractivity contribution in [1.82, 2.24) is 10.6 Å². The molecule has 0 fully saturated rings. The van der Waals surface area contributed by atoms with Crippen molar-refractivity contribution in [1.29, 1.82) is 0 Å². The third kappa shape index (κ3) is 6.10. The Bertz CT molecular complexity index is 940. The second-order valence-corrected chi connectivity index (χ2v) is 6.20. The number of carbonyl (C=O) groups excluding carboxylic acids is 3. The Kier molecular flexibility index (Phi) is 7.99. The predicted molar refractivity (Wildman–Crippen MR) is 112 cm³/mol. The summed E-state index contributed by atoms with van der Waals surface area (Å²) in [6, 6.07) is 12.8. The maximum absolute atomic E-state index is 12.8. The van der Waals surface area contributed by atoms with Crippen molar-refractivity contribution < 1.29 is 29.0 Å². The summed E-state index contributed by atoms with van der Waals surface area (Å²) in [5.41, 5.74) is 1.37. The van der Waals surface area contributed by atoms with E-state index in [1.807, 2.05) is 0 Å². The molecule has 0 aliphatic heterocycles. The van der Waals surface area contributed by atoms with Gasteiger partial charge in [0.05, 0.1) is 12.2 Å². The van der Waals surface area contributed by atoms with Crippen LogP contribution in [0.3, 0.4) is 0 Å². The van der Waals surface area contributed by atoms with Crippen molar-refractivity contribution in [3.63, 3.8) is 0 Å². The molecule has 0 aliphatic rings. The van der Waals surface area contributed by atoms with Crippen molar-refractivity contribution >= 4 is 29.6 Å². The highest BCUT2D eigenvalue weighted by Crippen LogP contribution is 2.29. The zero-order chi connectivity index (χ0) is 22.1. The van der Waals surface area contributed by atoms with E-state index in [2.05, 4.69) is 10.6 Å². The van der Waals surface area contributed by atoms with Crippen LogP contribution in [0.4, 0.5) is 4.79 Å². The highest BCUT2D eigenvalue weighted by atomic mass is 16.5. The minimum atomic E-state index is -1.19. The van der Waals surface area contributed by atoms with Crippen LogP contribution < -0.4 is 15.4 Å². The van der Waals surface area contributed by atoms with Crippen molar-refractivity contribution in [3.05, 3.63) is 59.7 Å². The summed E-state index contributed by atoms with van der Waals surface area (Å²) < 4.78 is 10.7. The average Bonchev–Trinajstić information content (AvgIpc) is 2.74. The fraction of sp³-hybridized carbons (Fsp3) is 0.227. The fourth-order valence-corrected chi connectivity index (χ4v) is 2.49. The molecule has 0 heterocycles. The molecule has 2 rings (SSSR count). The lowest BCUT2D eigenvalue weighted by molar-refractivity contribution is -0.148. The summed E-state index contributed by atoms with van der Waals surface area (Å²) in [6.45, 7) is 3.53. The molecule has 0 bridgehead atoms. The summed E-state index contributed by atoms with van der Waals surface area (Å²) in [4.78, 5) is 36.1. The zero-order valence-electron chi connectivity index (χ0n) is 17.0. The molecule has 30 heavy (non-hydrogen) atoms. The molecular formula is C22H24N2O6. The summed E-state index contributed by atoms with van der Waals surface area (Å²) in [7, 11) is 1.36. The standard InChI is InChI=1S/C22H24N2O6/c1-4-29-19-13-15(10-11-18(19)25)12-17(16-8-6-5-7-9-16)21(27)30-14(2)20(26)24-22(28)23-3/h5-14,25H,4H2,1-3H3,(H2,23,24,26,28)/b17-12+/t14-/m1/s1. The molecule has 8 nitrogen and oxygen atoms in total. The molecule has 2 aromatic carbocycles. The zero-order valence-corrected chi connectivity index (χ0v) is 17.0. The predicted octanol–water partition coefficient (Wildman–Crippen LogP) is 2.72. The number of nitrogens with one attached hydrogen (secondary N) is 2. The second kappa shape index (κ2) is 10.7. The third-order valence-corrected chi connectivity index (χ3v) is 4.02. The summed E-state index contributed by atoms with van der Waals surface area (Å²) in [5.74, 6) is -1.23. The third-order valence-electron chi connectivity index (χ3n) is 4.02. The normalized spacial score (nSPS) is 11.9. The van der Waals surface area contributed by atoms with E-state index in [9.17, 15) is 19.5 Å². The first-order valence-electron chi connectivity index (χ1n) is 9.32. The average molecular weight is 412 g/mol. The van der Waals surface area contributed by atoms with E-state index >= 15 is 0 Å². The summed E-state index contributed by atoms with van der Waals surface area (Å²) in [5, 5.41) is 14.2. The first-order valence-corrected chi connectivity index (χ1v) is 9.32. The minimum absolute atomic E-state index is 0.0164. The van der Waals surface area contributed by atoms with Gasteiger partial charge in [0.1, 0.15) is 0 Å². The van der Waals surface area contributed by atoms with Crippen LogP contribution >= 0.6 is 0 Å². The first-order chi connectivity index (χ1) is 14.3. The highest BCUT2D eigenvalue weighted by Gasteiger charge is 2.22. The number of rotatable bonds is 7. The Labute approximate surface area is 174 Å². The van der Waals surface area contributed by atoms with E-state index in [4.69, 9.17) is 9.47 Å². The van der Waals surface area contributed by atoms with Crippen LogP contribution in [0.25, 0.3) is 11.6 Å². The highest BCUT2D eigenvalue weighted by molar-refractivity contribution is 6.22. The van der Waals surface area contributed by atoms with Gasteiger partial charge in [0.15, 0.2) is 17.6 Å². The Hall–Kier alpha value is -3.81. The van der Waals surface area contributed by atoms with Gasteiger partial charge < -0.3 is 19.9 Å². The number of carbonyl (C=O) groups is 3. The quantitative estimate of drug-likeness (QED) is 0.366. The number of amides is 3. The number of urea groups is 1. The molecule has 0 spiro atoms. The van der Waals surface area contributed by atoms with Gasteiger partial charge in [-0.1, -0.05) is 36.4 Å². The fourth-order valence-electron chi connectivity index (χ4n) is 2.49. The molecule has 0 saturated heterocycles. The number of phenols is 1. The van der Waals surface area contributed by atoms with Crippen LogP contribution in [0.5, 0.6) is 11.5 Å². The Balaban J connectivity index is 2.33. The lowest BCUT2D eigenvalue weighted by Gasteiger charge is -2.15. The Morgan fingerprint density at radius 1 is 1.13 bits per heavy atom. The molecule has 2 aromatic rings. The minimum Gasteiger partial charge on any atom is -0.504 e. The van der Waals surface area contributed by atoms with Crippen LogP contribution in [0, 0.1) is 0 Å². The van der Waals surface area contributed by atoms with Crippen molar-refractivity contribution in [3.8, 4) is 11.5 Å². The number of hydrogen-bond donors (Lipinski definition) is 3. The van der Waals surface area contributed by atoms with Crippen molar-refractivity contribution in [2.45, 2.75) is 20.0 Å². The van der Waals surface area contributed by atoms with Crippen LogP contribution in [0.1, 0.15) is 25.0 Å². The van der Waals surface area contributed by atoms with E-state index in [-0.39, 0.29) is 17.1 Å². The van der Waals surface area contributed by atoms with Gasteiger partial charge in [0, 0.05) is 7.05 Å². The van der Waals surface area contributed by atoms with Gasteiger partial charge in [-0.25, -0.2) is 9.59 Å². The van der Waals surface area contributed by atoms with Gasteiger partial charge in [-0.2, -0.15) is 0 Å². The maximum Gasteiger partial charge on any atom is 0.339 e. The topological polar surface area (TPSA) is 114 Å². The molecule has 0 unspecified atom stereocenters. The molecular weight excluding hydrogens is 388 g/mol. The molecule has 0 saturated carbocycles. The van der Waals surface area contributed by atoms with Gasteiger partial charge in [-0.05, 0) is 43.2 Å². The summed E-state index contributed by atoms with van der Waals surface area (Å²) in [6.07, 6.45) is 0.379. The molecule has 1 atom stereocenters. The van der Waals surface area contributed by atoms with E-state index in [1.54, 1.807) is 55.5 Å². The number of ether oxygens (including phenoxy) is 2. The lowest BCUT2D eigenvalue weighted by Crippen LogP contribution is -2.43. The van der Waals surface area contributed by atoms with E-state index in [0.29, 0.717) is 17.7 Å². The number of benzene rings is 2. The molecule has 0 aliphatic carbocycles. The monoisotopic (exact) mass is 412 g/mol. The number of aromatic hydroxyl groups is 1. The lowest BCUT2D eigenvalue weighted by atomic mass is 10.0. The number of imide groups is 1. The Morgan fingerprint density at radius 2 is 1.83 bits per heavy atom. The van der Waals surface area contributed by atoms with Crippen LogP contribution in [0.15, 0.2) is 48.5 Å². The van der Waals surface area contributed by atoms with Crippen LogP contribution in [-0.2, 0) is 14.3 Å². The smallest absolute Gasteiger partial charge is 0.339 e. The molecule has 158 valence electrons. The van der Waals surface area contributed by atoms with E-state index in [0.717, 1.165) is 0 Å². The first kappa shape index (κ1) is 22.5. The Morgan fingerprint density at radius 3 is 2.47 bits per heavy atom. The van der Waals surface area contributed by atoms with Crippen molar-refractivity contribution in [2.75, 3.05) is 13.7 Å². The largest absolute Gasteiger partial charge is 0.504 e. The van der Waals surface area contributed by atoms with Gasteiger partial charge >= 0.3 is 12.0 Å². The van der Waals surface area contributed by atoms with E-state index < -0.39 is 24.0 Å². The molecule has 8 heteroatoms. The second-order valence-electron chi connectivity index (χ2n) is 6.20. The number of hydrogen-bond acceptors (Lipinski definition) is 6. The summed E-state index contributed by atoms with van der Waals surface area (Å²) >= 11 is 0. The van der Waals surface area contributed by atoms with Crippen LogP contribution in [0.2, 0.25) is 0 Å². The van der Waals surface area contributed by atoms with Gasteiger partial charge in [0.2, 0.25) is 0 Å². The molecule has 3 N–H and O–H groups in total. The van der Waals surface area contributed by atoms with Crippen LogP contribution in [-0.4, -0.2) is 42.8 Å². The van der Waals surface area contributed by atoms with Gasteiger partial charge in [-0.15, -0.1) is 0 Å². The maximum atomic E-state index is 12.8. The van der Waals surface area contributed by atoms with Crippen molar-refractivity contribution in [2.24, 2.45) is 0 Å². The van der Waals surface area contributed by atoms with E-state index in [1.165, 1.54) is 20.0 Å².